The quantitative estimate of drug-likeness (QED) is 0.483. The van der Waals surface area contributed by atoms with Crippen molar-refractivity contribution in [1.82, 2.24) is 4.90 Å². The van der Waals surface area contributed by atoms with Gasteiger partial charge in [-0.05, 0) is 19.3 Å². The van der Waals surface area contributed by atoms with Crippen molar-refractivity contribution in [2.24, 2.45) is 5.92 Å². The van der Waals surface area contributed by atoms with Crippen LogP contribution in [-0.4, -0.2) is 37.0 Å². The van der Waals surface area contributed by atoms with Crippen LogP contribution in [0.5, 0.6) is 0 Å². The number of esters is 1. The van der Waals surface area contributed by atoms with Gasteiger partial charge in [-0.25, -0.2) is 0 Å². The second-order valence-corrected chi connectivity index (χ2v) is 6.05. The maximum Gasteiger partial charge on any atom is 0.308 e. The molecule has 4 nitrogen and oxygen atoms in total. The normalized spacial score (nSPS) is 16.0. The molecule has 1 fully saturated rings. The van der Waals surface area contributed by atoms with Gasteiger partial charge in [0.1, 0.15) is 0 Å². The van der Waals surface area contributed by atoms with E-state index in [0.717, 1.165) is 25.7 Å². The highest BCUT2D eigenvalue weighted by molar-refractivity contribution is 5.77. The zero-order valence-electron chi connectivity index (χ0n) is 13.7. The Balaban J connectivity index is 2.07. The second-order valence-electron chi connectivity index (χ2n) is 6.05. The van der Waals surface area contributed by atoms with E-state index in [1.54, 1.807) is 0 Å². The Morgan fingerprint density at radius 2 is 1.57 bits per heavy atom. The van der Waals surface area contributed by atoms with Crippen LogP contribution in [-0.2, 0) is 14.3 Å². The molecule has 0 aromatic heterocycles. The molecule has 0 bridgehead atoms. The number of piperidine rings is 1. The van der Waals surface area contributed by atoms with Crippen molar-refractivity contribution in [3.63, 3.8) is 0 Å². The lowest BCUT2D eigenvalue weighted by Crippen LogP contribution is -2.40. The van der Waals surface area contributed by atoms with Crippen molar-refractivity contribution < 1.29 is 14.3 Å². The summed E-state index contributed by atoms with van der Waals surface area (Å²) in [5.41, 5.74) is 0. The molecule has 0 atom stereocenters. The molecule has 1 saturated heterocycles. The van der Waals surface area contributed by atoms with Crippen molar-refractivity contribution in [2.75, 3.05) is 20.2 Å². The van der Waals surface area contributed by atoms with Gasteiger partial charge in [-0.3, -0.25) is 9.59 Å². The molecule has 0 aromatic rings. The molecular formula is C17H31NO3. The van der Waals surface area contributed by atoms with Gasteiger partial charge in [-0.1, -0.05) is 45.4 Å². The van der Waals surface area contributed by atoms with Crippen LogP contribution in [0, 0.1) is 5.92 Å². The van der Waals surface area contributed by atoms with Gasteiger partial charge in [0.2, 0.25) is 5.91 Å². The molecule has 1 amide bonds. The monoisotopic (exact) mass is 297 g/mol. The Labute approximate surface area is 129 Å². The SMILES string of the molecule is CCCCCCCCCC(=O)N1CCC(C(=O)OC)CC1. The van der Waals surface area contributed by atoms with Crippen molar-refractivity contribution in [2.45, 2.75) is 71.1 Å². The summed E-state index contributed by atoms with van der Waals surface area (Å²) in [4.78, 5) is 25.4. The number of hydrogen-bond donors (Lipinski definition) is 0. The number of carbonyl (C=O) groups is 2. The van der Waals surface area contributed by atoms with E-state index in [-0.39, 0.29) is 17.8 Å². The number of nitrogens with zero attached hydrogens (tertiary/aromatic N) is 1. The van der Waals surface area contributed by atoms with E-state index in [1.807, 2.05) is 4.90 Å². The van der Waals surface area contributed by atoms with Gasteiger partial charge in [0.05, 0.1) is 13.0 Å². The Hall–Kier alpha value is -1.06. The summed E-state index contributed by atoms with van der Waals surface area (Å²) < 4.78 is 4.76. The number of rotatable bonds is 9. The highest BCUT2D eigenvalue weighted by Crippen LogP contribution is 2.19. The van der Waals surface area contributed by atoms with Gasteiger partial charge < -0.3 is 9.64 Å². The van der Waals surface area contributed by atoms with Crippen LogP contribution in [0.2, 0.25) is 0 Å². The summed E-state index contributed by atoms with van der Waals surface area (Å²) in [5, 5.41) is 0. The average molecular weight is 297 g/mol. The molecule has 122 valence electrons. The first-order chi connectivity index (χ1) is 10.2. The predicted octanol–water partition coefficient (Wildman–Crippen LogP) is 3.54. The maximum atomic E-state index is 12.1. The Morgan fingerprint density at radius 1 is 1.00 bits per heavy atom. The lowest BCUT2D eigenvalue weighted by Gasteiger charge is -2.30. The maximum absolute atomic E-state index is 12.1. The van der Waals surface area contributed by atoms with Crippen molar-refractivity contribution in [3.05, 3.63) is 0 Å². The van der Waals surface area contributed by atoms with E-state index in [2.05, 4.69) is 6.92 Å². The molecule has 1 heterocycles. The summed E-state index contributed by atoms with van der Waals surface area (Å²) >= 11 is 0. The standard InChI is InChI=1S/C17H31NO3/c1-3-4-5-6-7-8-9-10-16(19)18-13-11-15(12-14-18)17(20)21-2/h15H,3-14H2,1-2H3. The van der Waals surface area contributed by atoms with Gasteiger partial charge in [0.15, 0.2) is 0 Å². The van der Waals surface area contributed by atoms with Gasteiger partial charge in [-0.2, -0.15) is 0 Å². The van der Waals surface area contributed by atoms with Crippen LogP contribution < -0.4 is 0 Å². The molecule has 0 aromatic carbocycles. The summed E-state index contributed by atoms with van der Waals surface area (Å²) in [6.45, 7) is 3.63. The number of ether oxygens (including phenoxy) is 1. The van der Waals surface area contributed by atoms with Crippen LogP contribution in [0.3, 0.4) is 0 Å². The highest BCUT2D eigenvalue weighted by atomic mass is 16.5. The average Bonchev–Trinajstić information content (AvgIpc) is 2.53. The van der Waals surface area contributed by atoms with Gasteiger partial charge in [-0.15, -0.1) is 0 Å². The molecule has 4 heteroatoms. The summed E-state index contributed by atoms with van der Waals surface area (Å²) in [6, 6.07) is 0. The fourth-order valence-electron chi connectivity index (χ4n) is 2.92. The van der Waals surface area contributed by atoms with Crippen molar-refractivity contribution in [3.8, 4) is 0 Å². The van der Waals surface area contributed by atoms with Crippen LogP contribution in [0.25, 0.3) is 0 Å². The zero-order valence-corrected chi connectivity index (χ0v) is 13.7. The second kappa shape index (κ2) is 10.6. The Morgan fingerprint density at radius 3 is 2.14 bits per heavy atom. The first-order valence-corrected chi connectivity index (χ1v) is 8.54. The molecule has 1 aliphatic heterocycles. The lowest BCUT2D eigenvalue weighted by atomic mass is 9.96. The van der Waals surface area contributed by atoms with E-state index in [0.29, 0.717) is 19.5 Å². The number of likely N-dealkylation sites (tertiary alicyclic amines) is 1. The molecule has 21 heavy (non-hydrogen) atoms. The summed E-state index contributed by atoms with van der Waals surface area (Å²) in [5.74, 6) is 0.110. The van der Waals surface area contributed by atoms with E-state index in [4.69, 9.17) is 4.74 Å². The largest absolute Gasteiger partial charge is 0.469 e. The van der Waals surface area contributed by atoms with Crippen LogP contribution in [0.4, 0.5) is 0 Å². The number of amides is 1. The Bertz CT molecular complexity index is 309. The fourth-order valence-corrected chi connectivity index (χ4v) is 2.92. The van der Waals surface area contributed by atoms with Crippen LogP contribution >= 0.6 is 0 Å². The molecular weight excluding hydrogens is 266 g/mol. The summed E-state index contributed by atoms with van der Waals surface area (Å²) in [6.07, 6.45) is 10.8. The minimum absolute atomic E-state index is 0.0161. The van der Waals surface area contributed by atoms with E-state index in [1.165, 1.54) is 39.2 Å². The van der Waals surface area contributed by atoms with Gasteiger partial charge >= 0.3 is 5.97 Å². The third-order valence-electron chi connectivity index (χ3n) is 4.38. The first kappa shape index (κ1) is 18.0. The zero-order chi connectivity index (χ0) is 15.5. The number of unbranched alkanes of at least 4 members (excludes halogenated alkanes) is 6. The topological polar surface area (TPSA) is 46.6 Å². The first-order valence-electron chi connectivity index (χ1n) is 8.54. The fraction of sp³-hybridized carbons (Fsp3) is 0.882. The third-order valence-corrected chi connectivity index (χ3v) is 4.38. The highest BCUT2D eigenvalue weighted by Gasteiger charge is 2.27. The number of carbonyl (C=O) groups excluding carboxylic acids is 2. The molecule has 0 radical (unpaired) electrons. The smallest absolute Gasteiger partial charge is 0.308 e. The van der Waals surface area contributed by atoms with Gasteiger partial charge in [0, 0.05) is 19.5 Å². The lowest BCUT2D eigenvalue weighted by molar-refractivity contribution is -0.148. The molecule has 0 unspecified atom stereocenters. The van der Waals surface area contributed by atoms with Crippen molar-refractivity contribution >= 4 is 11.9 Å². The van der Waals surface area contributed by atoms with E-state index >= 15 is 0 Å². The predicted molar refractivity (Wildman–Crippen MR) is 83.9 cm³/mol. The minimum Gasteiger partial charge on any atom is -0.469 e. The minimum atomic E-state index is -0.130. The molecule has 0 spiro atoms. The van der Waals surface area contributed by atoms with Crippen LogP contribution in [0.1, 0.15) is 71.1 Å². The van der Waals surface area contributed by atoms with Gasteiger partial charge in [0.25, 0.3) is 0 Å². The Kier molecular flexibility index (Phi) is 9.11. The van der Waals surface area contributed by atoms with Crippen LogP contribution in [0.15, 0.2) is 0 Å². The van der Waals surface area contributed by atoms with E-state index < -0.39 is 0 Å². The summed E-state index contributed by atoms with van der Waals surface area (Å²) in [7, 11) is 1.43. The molecule has 0 aliphatic carbocycles. The third kappa shape index (κ3) is 6.96. The number of methoxy groups -OCH3 is 1. The molecule has 1 rings (SSSR count). The molecule has 0 saturated carbocycles. The number of hydrogen-bond acceptors (Lipinski definition) is 3. The van der Waals surface area contributed by atoms with Crippen molar-refractivity contribution in [1.29, 1.82) is 0 Å². The molecule has 1 aliphatic rings. The van der Waals surface area contributed by atoms with E-state index in [9.17, 15) is 9.59 Å². The molecule has 0 N–H and O–H groups in total.